The summed E-state index contributed by atoms with van der Waals surface area (Å²) >= 11 is -0.746. The molecule has 2 N–H and O–H groups in total. The molecule has 0 aliphatic rings. The summed E-state index contributed by atoms with van der Waals surface area (Å²) in [6.45, 7) is 0. The van der Waals surface area contributed by atoms with E-state index >= 15 is 0 Å². The van der Waals surface area contributed by atoms with E-state index in [9.17, 15) is 26.4 Å². The Bertz CT molecular complexity index is 1170. The molecule has 1 amide bonds. The normalized spacial score (nSPS) is 12.6. The van der Waals surface area contributed by atoms with Crippen LogP contribution in [0.5, 0.6) is 5.75 Å². The molecular weight excluding hydrogens is 478 g/mol. The Hall–Kier alpha value is -2.79. The number of carbonyl (C=O) groups excluding carboxylic acids is 1. The minimum absolute atomic E-state index is 0.00936. The van der Waals surface area contributed by atoms with Crippen LogP contribution in [-0.4, -0.2) is 55.1 Å². The van der Waals surface area contributed by atoms with Gasteiger partial charge in [-0.1, -0.05) is 0 Å². The second-order valence-electron chi connectivity index (χ2n) is 5.61. The van der Waals surface area contributed by atoms with Gasteiger partial charge in [0.1, 0.15) is 0 Å². The molecule has 0 aliphatic heterocycles. The Kier molecular flexibility index (Phi) is 5.46. The third-order valence-electron chi connectivity index (χ3n) is 3.43. The van der Waals surface area contributed by atoms with Crippen molar-refractivity contribution in [3.8, 4) is 11.4 Å². The van der Waals surface area contributed by atoms with Crippen molar-refractivity contribution in [3.05, 3.63) is 48.4 Å². The summed E-state index contributed by atoms with van der Waals surface area (Å²) in [6.07, 6.45) is 3.23. The van der Waals surface area contributed by atoms with Crippen LogP contribution in [-0.2, 0) is 17.2 Å². The molecule has 2 heterocycles. The van der Waals surface area contributed by atoms with Gasteiger partial charge >= 0.3 is 169 Å². The van der Waals surface area contributed by atoms with Crippen LogP contribution < -0.4 is 18.7 Å². The van der Waals surface area contributed by atoms with Gasteiger partial charge in [0.15, 0.2) is 0 Å². The van der Waals surface area contributed by atoms with E-state index in [4.69, 9.17) is 5.73 Å². The van der Waals surface area contributed by atoms with Gasteiger partial charge in [-0.05, 0) is 0 Å². The first-order chi connectivity index (χ1) is 13.5. The number of aromatic nitrogens is 4. The van der Waals surface area contributed by atoms with Crippen LogP contribution in [0.4, 0.5) is 13.2 Å². The zero-order valence-electron chi connectivity index (χ0n) is 14.5. The molecule has 9 nitrogen and oxygen atoms in total. The molecule has 0 aliphatic carbocycles. The predicted molar refractivity (Wildman–Crippen MR) is 95.9 cm³/mol. The topological polar surface area (TPSA) is 122 Å². The first kappa shape index (κ1) is 20.9. The van der Waals surface area contributed by atoms with Gasteiger partial charge in [-0.3, -0.25) is 0 Å². The van der Waals surface area contributed by atoms with Crippen LogP contribution in [0, 0.1) is 0 Å². The number of benzene rings is 1. The van der Waals surface area contributed by atoms with E-state index in [1.165, 1.54) is 23.0 Å². The van der Waals surface area contributed by atoms with Gasteiger partial charge in [-0.2, -0.15) is 0 Å². The van der Waals surface area contributed by atoms with E-state index < -0.39 is 43.0 Å². The Morgan fingerprint density at radius 2 is 1.97 bits per heavy atom. The van der Waals surface area contributed by atoms with E-state index in [0.717, 1.165) is 16.6 Å². The predicted octanol–water partition coefficient (Wildman–Crippen LogP) is -0.412. The molecule has 0 unspecified atom stereocenters. The SMILES string of the molecule is Cn1ccc([As]c2cn(-c3cccc(OS(=O)(=O)C(F)(F)F)c3)nc2C(N)=O)n1. The van der Waals surface area contributed by atoms with E-state index in [0.29, 0.717) is 4.35 Å². The van der Waals surface area contributed by atoms with Crippen LogP contribution in [0.25, 0.3) is 5.69 Å². The number of hydrogen-bond donors (Lipinski definition) is 1. The molecule has 2 aromatic heterocycles. The molecule has 0 fully saturated rings. The molecule has 0 bridgehead atoms. The van der Waals surface area contributed by atoms with E-state index in [1.54, 1.807) is 24.0 Å². The molecule has 1 radical (unpaired) electrons. The Balaban J connectivity index is 1.95. The molecule has 1 aromatic carbocycles. The van der Waals surface area contributed by atoms with Crippen LogP contribution in [0.3, 0.4) is 0 Å². The van der Waals surface area contributed by atoms with Gasteiger partial charge in [0, 0.05) is 0 Å². The van der Waals surface area contributed by atoms with Gasteiger partial charge < -0.3 is 0 Å². The summed E-state index contributed by atoms with van der Waals surface area (Å²) < 4.78 is 68.1. The molecule has 3 rings (SSSR count). The fourth-order valence-corrected chi connectivity index (χ4v) is 4.75. The average Bonchev–Trinajstić information content (AvgIpc) is 3.20. The summed E-state index contributed by atoms with van der Waals surface area (Å²) in [5, 5.41) is 8.31. The summed E-state index contributed by atoms with van der Waals surface area (Å²) in [4.78, 5) is 11.7. The molecule has 153 valence electrons. The van der Waals surface area contributed by atoms with Crippen molar-refractivity contribution in [2.45, 2.75) is 5.51 Å². The zero-order valence-corrected chi connectivity index (χ0v) is 17.2. The number of nitrogens with zero attached hydrogens (tertiary/aromatic N) is 4. The van der Waals surface area contributed by atoms with Gasteiger partial charge in [0.05, 0.1) is 0 Å². The third kappa shape index (κ3) is 4.62. The monoisotopic (exact) mass is 490 g/mol. The first-order valence-electron chi connectivity index (χ1n) is 7.68. The van der Waals surface area contributed by atoms with E-state index in [1.807, 2.05) is 0 Å². The van der Waals surface area contributed by atoms with Crippen LogP contribution in [0.1, 0.15) is 10.5 Å². The summed E-state index contributed by atoms with van der Waals surface area (Å²) in [7, 11) is -4.07. The Morgan fingerprint density at radius 1 is 1.24 bits per heavy atom. The van der Waals surface area contributed by atoms with Crippen molar-refractivity contribution in [1.82, 2.24) is 19.6 Å². The van der Waals surface area contributed by atoms with Crippen molar-refractivity contribution in [3.63, 3.8) is 0 Å². The quantitative estimate of drug-likeness (QED) is 0.285. The number of halogens is 3. The average molecular weight is 490 g/mol. The van der Waals surface area contributed by atoms with Crippen molar-refractivity contribution in [2.24, 2.45) is 12.8 Å². The number of nitrogens with two attached hydrogens (primary N) is 1. The van der Waals surface area contributed by atoms with Crippen LogP contribution in [0.2, 0.25) is 0 Å². The second-order valence-corrected chi connectivity index (χ2v) is 9.59. The summed E-state index contributed by atoms with van der Waals surface area (Å²) in [6, 6.07) is 6.60. The fraction of sp³-hybridized carbons (Fsp3) is 0.133. The number of primary amides is 1. The molecule has 0 saturated heterocycles. The molecule has 0 atom stereocenters. The fourth-order valence-electron chi connectivity index (χ4n) is 2.19. The van der Waals surface area contributed by atoms with Gasteiger partial charge in [0.2, 0.25) is 0 Å². The minimum atomic E-state index is -5.81. The number of amides is 1. The number of aryl methyl sites for hydroxylation is 1. The van der Waals surface area contributed by atoms with Crippen LogP contribution in [0.15, 0.2) is 42.7 Å². The zero-order chi connectivity index (χ0) is 21.4. The molecule has 29 heavy (non-hydrogen) atoms. The van der Waals surface area contributed by atoms with Crippen molar-refractivity contribution in [1.29, 1.82) is 0 Å². The summed E-state index contributed by atoms with van der Waals surface area (Å²) in [5.41, 5.74) is -0.0232. The number of rotatable bonds is 6. The van der Waals surface area contributed by atoms with Gasteiger partial charge in [-0.15, -0.1) is 0 Å². The van der Waals surface area contributed by atoms with Gasteiger partial charge in [0.25, 0.3) is 0 Å². The third-order valence-corrected chi connectivity index (χ3v) is 6.59. The summed E-state index contributed by atoms with van der Waals surface area (Å²) in [5.74, 6) is -1.34. The Morgan fingerprint density at radius 3 is 2.55 bits per heavy atom. The maximum absolute atomic E-state index is 12.5. The number of hydrogen-bond acceptors (Lipinski definition) is 6. The molecular formula is C15H12AsF3N5O4S. The molecule has 14 heteroatoms. The molecule has 3 aromatic rings. The number of carbonyl (C=O) groups is 1. The van der Waals surface area contributed by atoms with E-state index in [-0.39, 0.29) is 11.4 Å². The van der Waals surface area contributed by atoms with Crippen LogP contribution >= 0.6 is 0 Å². The van der Waals surface area contributed by atoms with E-state index in [2.05, 4.69) is 14.4 Å². The first-order valence-corrected chi connectivity index (χ1v) is 11.0. The maximum atomic E-state index is 12.5. The van der Waals surface area contributed by atoms with Crippen molar-refractivity contribution < 1.29 is 30.6 Å². The van der Waals surface area contributed by atoms with Crippen molar-refractivity contribution >= 4 is 40.6 Å². The van der Waals surface area contributed by atoms with Gasteiger partial charge in [-0.25, -0.2) is 0 Å². The Labute approximate surface area is 169 Å². The number of alkyl halides is 3. The van der Waals surface area contributed by atoms with Crippen molar-refractivity contribution in [2.75, 3.05) is 0 Å². The molecule has 0 spiro atoms. The standard InChI is InChI=1S/C15H12AsF3N5O4S/c1-23-6-5-12(21-23)16-11-8-24(22-13(11)14(20)25)9-3-2-4-10(7-9)28-29(26,27)15(17,18)19/h2-8H,1H3,(H2,20,25). The molecule has 0 saturated carbocycles. The second kappa shape index (κ2) is 7.56.